The Labute approximate surface area is 74.9 Å². The molecule has 0 radical (unpaired) electrons. The van der Waals surface area contributed by atoms with Crippen molar-refractivity contribution in [3.05, 3.63) is 34.2 Å². The van der Waals surface area contributed by atoms with Crippen LogP contribution in [0.2, 0.25) is 0 Å². The Bertz CT molecular complexity index is 585. The Morgan fingerprint density at radius 2 is 2.00 bits per heavy atom. The SMILES string of the molecule is Cc1ccc2c(c1)=CS(=O)(=O)C=2F. The van der Waals surface area contributed by atoms with Crippen LogP contribution in [0.4, 0.5) is 4.39 Å². The minimum absolute atomic E-state index is 0.172. The molecule has 0 saturated heterocycles. The predicted octanol–water partition coefficient (Wildman–Crippen LogP) is 0.197. The van der Waals surface area contributed by atoms with E-state index in [1.165, 1.54) is 6.07 Å². The van der Waals surface area contributed by atoms with Gasteiger partial charge in [-0.25, -0.2) is 8.42 Å². The standard InChI is InChI=1S/C9H7FO2S/c1-6-2-3-8-7(4-6)5-13(11,12)9(8)10/h2-5H,1H3. The predicted molar refractivity (Wildman–Crippen MR) is 48.3 cm³/mol. The fourth-order valence-corrected chi connectivity index (χ4v) is 2.46. The van der Waals surface area contributed by atoms with Crippen LogP contribution < -0.4 is 10.4 Å². The summed E-state index contributed by atoms with van der Waals surface area (Å²) in [4.78, 5) is 0. The van der Waals surface area contributed by atoms with Crippen LogP contribution in [0, 0.1) is 6.92 Å². The molecule has 0 aliphatic carbocycles. The van der Waals surface area contributed by atoms with Gasteiger partial charge in [0, 0.05) is 10.6 Å². The minimum Gasteiger partial charge on any atom is -0.217 e. The molecular formula is C9H7FO2S. The van der Waals surface area contributed by atoms with Crippen LogP contribution in [0.3, 0.4) is 0 Å². The van der Waals surface area contributed by atoms with E-state index < -0.39 is 15.0 Å². The van der Waals surface area contributed by atoms with Gasteiger partial charge in [-0.3, -0.25) is 0 Å². The first kappa shape index (κ1) is 8.44. The molecule has 0 bridgehead atoms. The summed E-state index contributed by atoms with van der Waals surface area (Å²) in [5.41, 5.74) is 0.917. The second-order valence-electron chi connectivity index (χ2n) is 3.03. The Kier molecular flexibility index (Phi) is 1.57. The molecule has 0 N–H and O–H groups in total. The summed E-state index contributed by atoms with van der Waals surface area (Å²) in [6.07, 6.45) is 0. The number of rotatable bonds is 0. The monoisotopic (exact) mass is 198 g/mol. The van der Waals surface area contributed by atoms with Gasteiger partial charge in [-0.2, -0.15) is 4.39 Å². The molecule has 0 fully saturated rings. The first-order chi connectivity index (χ1) is 6.00. The molecule has 0 atom stereocenters. The fourth-order valence-electron chi connectivity index (χ4n) is 1.33. The maximum atomic E-state index is 13.1. The van der Waals surface area contributed by atoms with Gasteiger partial charge >= 0.3 is 0 Å². The molecule has 1 aliphatic heterocycles. The molecule has 0 saturated carbocycles. The summed E-state index contributed by atoms with van der Waals surface area (Å²) >= 11 is 0. The second kappa shape index (κ2) is 2.42. The smallest absolute Gasteiger partial charge is 0.217 e. The quantitative estimate of drug-likeness (QED) is 0.596. The van der Waals surface area contributed by atoms with E-state index in [4.69, 9.17) is 0 Å². The number of benzene rings is 1. The molecular weight excluding hydrogens is 191 g/mol. The highest BCUT2D eigenvalue weighted by molar-refractivity contribution is 8.06. The van der Waals surface area contributed by atoms with E-state index in [2.05, 4.69) is 0 Å². The van der Waals surface area contributed by atoms with Crippen LogP contribution >= 0.6 is 0 Å². The third-order valence-electron chi connectivity index (χ3n) is 1.95. The van der Waals surface area contributed by atoms with Crippen LogP contribution in [0.1, 0.15) is 5.56 Å². The third-order valence-corrected chi connectivity index (χ3v) is 3.23. The number of halogens is 1. The molecule has 13 heavy (non-hydrogen) atoms. The van der Waals surface area contributed by atoms with Crippen molar-refractivity contribution < 1.29 is 12.8 Å². The van der Waals surface area contributed by atoms with E-state index in [9.17, 15) is 12.8 Å². The van der Waals surface area contributed by atoms with Gasteiger partial charge in [-0.1, -0.05) is 23.8 Å². The highest BCUT2D eigenvalue weighted by Gasteiger charge is 2.20. The van der Waals surface area contributed by atoms with Gasteiger partial charge in [0.05, 0.1) is 0 Å². The minimum atomic E-state index is -3.78. The zero-order valence-corrected chi connectivity index (χ0v) is 7.73. The third kappa shape index (κ3) is 1.18. The summed E-state index contributed by atoms with van der Waals surface area (Å²) in [6.45, 7) is 1.83. The number of aryl methyl sites for hydroxylation is 1. The lowest BCUT2D eigenvalue weighted by atomic mass is 10.2. The maximum absolute atomic E-state index is 13.1. The van der Waals surface area contributed by atoms with Crippen molar-refractivity contribution in [1.29, 1.82) is 0 Å². The summed E-state index contributed by atoms with van der Waals surface area (Å²) in [7, 11) is -3.78. The van der Waals surface area contributed by atoms with Crippen LogP contribution in [0.25, 0.3) is 10.6 Å². The van der Waals surface area contributed by atoms with Gasteiger partial charge in [-0.05, 0) is 12.1 Å². The lowest BCUT2D eigenvalue weighted by Gasteiger charge is -1.88. The van der Waals surface area contributed by atoms with Crippen molar-refractivity contribution in [2.75, 3.05) is 0 Å². The van der Waals surface area contributed by atoms with Crippen LogP contribution in [-0.2, 0) is 9.84 Å². The molecule has 1 aliphatic rings. The van der Waals surface area contributed by atoms with E-state index in [0.717, 1.165) is 11.0 Å². The highest BCUT2D eigenvalue weighted by Crippen LogP contribution is 2.12. The second-order valence-corrected chi connectivity index (χ2v) is 4.71. The average Bonchev–Trinajstić information content (AvgIpc) is 2.22. The Morgan fingerprint density at radius 3 is 2.69 bits per heavy atom. The van der Waals surface area contributed by atoms with Gasteiger partial charge < -0.3 is 0 Å². The Hall–Kier alpha value is -1.16. The van der Waals surface area contributed by atoms with Crippen molar-refractivity contribution >= 4 is 20.4 Å². The van der Waals surface area contributed by atoms with Crippen LogP contribution in [0.15, 0.2) is 18.2 Å². The molecule has 0 spiro atoms. The van der Waals surface area contributed by atoms with Crippen LogP contribution in [0.5, 0.6) is 0 Å². The Balaban J connectivity index is 3.04. The molecule has 0 aromatic heterocycles. The number of hydrogen-bond donors (Lipinski definition) is 0. The number of hydrogen-bond acceptors (Lipinski definition) is 2. The molecule has 4 heteroatoms. The van der Waals surface area contributed by atoms with Gasteiger partial charge in [0.2, 0.25) is 15.0 Å². The lowest BCUT2D eigenvalue weighted by Crippen LogP contribution is -2.21. The summed E-state index contributed by atoms with van der Waals surface area (Å²) in [5.74, 6) is 0. The van der Waals surface area contributed by atoms with Crippen molar-refractivity contribution in [2.24, 2.45) is 0 Å². The maximum Gasteiger partial charge on any atom is 0.227 e. The molecule has 0 unspecified atom stereocenters. The normalized spacial score (nSPS) is 18.2. The van der Waals surface area contributed by atoms with Gasteiger partial charge in [0.1, 0.15) is 0 Å². The van der Waals surface area contributed by atoms with E-state index in [1.807, 2.05) is 6.92 Å². The molecule has 2 rings (SSSR count). The zero-order chi connectivity index (χ0) is 9.64. The van der Waals surface area contributed by atoms with E-state index >= 15 is 0 Å². The van der Waals surface area contributed by atoms with Crippen molar-refractivity contribution in [3.8, 4) is 0 Å². The van der Waals surface area contributed by atoms with E-state index in [-0.39, 0.29) is 5.22 Å². The molecule has 1 aromatic carbocycles. The largest absolute Gasteiger partial charge is 0.227 e. The molecule has 68 valence electrons. The lowest BCUT2D eigenvalue weighted by molar-refractivity contribution is 0.606. The van der Waals surface area contributed by atoms with Gasteiger partial charge in [0.15, 0.2) is 0 Å². The first-order valence-electron chi connectivity index (χ1n) is 3.74. The van der Waals surface area contributed by atoms with Crippen LogP contribution in [-0.4, -0.2) is 8.42 Å². The average molecular weight is 198 g/mol. The van der Waals surface area contributed by atoms with E-state index in [1.54, 1.807) is 12.1 Å². The number of sulfone groups is 1. The van der Waals surface area contributed by atoms with Crippen molar-refractivity contribution in [1.82, 2.24) is 0 Å². The molecule has 1 heterocycles. The van der Waals surface area contributed by atoms with E-state index in [0.29, 0.717) is 5.22 Å². The Morgan fingerprint density at radius 1 is 1.31 bits per heavy atom. The zero-order valence-electron chi connectivity index (χ0n) is 6.91. The molecule has 2 nitrogen and oxygen atoms in total. The molecule has 0 amide bonds. The number of fused-ring (bicyclic) bond motifs is 1. The van der Waals surface area contributed by atoms with Crippen molar-refractivity contribution in [2.45, 2.75) is 6.92 Å². The summed E-state index contributed by atoms with van der Waals surface area (Å²) < 4.78 is 35.2. The van der Waals surface area contributed by atoms with Crippen molar-refractivity contribution in [3.63, 3.8) is 0 Å². The molecule has 1 aromatic rings. The van der Waals surface area contributed by atoms with Gasteiger partial charge in [-0.15, -0.1) is 0 Å². The summed E-state index contributed by atoms with van der Waals surface area (Å²) in [6, 6.07) is 4.83. The fraction of sp³-hybridized carbons (Fsp3) is 0.111. The highest BCUT2D eigenvalue weighted by atomic mass is 32.2. The first-order valence-corrected chi connectivity index (χ1v) is 5.29. The topological polar surface area (TPSA) is 34.1 Å². The summed E-state index contributed by atoms with van der Waals surface area (Å²) in [5, 5.41) is 0.538. The van der Waals surface area contributed by atoms with Gasteiger partial charge in [0.25, 0.3) is 0 Å².